The Bertz CT molecular complexity index is 1380. The van der Waals surface area contributed by atoms with E-state index in [1.54, 1.807) is 24.3 Å². The number of azo groups is 1. The Morgan fingerprint density at radius 3 is 1.46 bits per heavy atom. The van der Waals surface area contributed by atoms with E-state index in [1.165, 1.54) is 39.8 Å². The average Bonchev–Trinajstić information content (AvgIpc) is 2.91. The smallest absolute Gasteiger partial charge is 0.338 e. The number of carbonyl (C=O) groups excluding carboxylic acids is 4. The lowest BCUT2D eigenvalue weighted by atomic mass is 10.0. The lowest BCUT2D eigenvalue weighted by Crippen LogP contribution is -2.44. The molecule has 2 amide bonds. The van der Waals surface area contributed by atoms with Gasteiger partial charge in [-0.05, 0) is 71.0 Å². The van der Waals surface area contributed by atoms with Crippen LogP contribution in [0.2, 0.25) is 0 Å². The highest BCUT2D eigenvalue weighted by atomic mass is 32.2. The molecule has 0 saturated heterocycles. The number of carbonyl (C=O) groups is 4. The van der Waals surface area contributed by atoms with E-state index in [0.717, 1.165) is 17.7 Å². The highest BCUT2D eigenvalue weighted by Crippen LogP contribution is 2.17. The molecule has 0 heterocycles. The molecule has 0 spiro atoms. The van der Waals surface area contributed by atoms with Crippen LogP contribution in [0, 0.1) is 6.92 Å². The molecule has 0 unspecified atom stereocenters. The van der Waals surface area contributed by atoms with Crippen LogP contribution in [0.3, 0.4) is 0 Å². The molecule has 3 N–H and O–H groups in total. The largest absolute Gasteiger partial charge is 0.460 e. The summed E-state index contributed by atoms with van der Waals surface area (Å²) in [6.45, 7) is 7.71. The number of nitrogens with one attached hydrogen (secondary N) is 2. The van der Waals surface area contributed by atoms with Crippen molar-refractivity contribution in [2.75, 3.05) is 26.3 Å². The number of nitrogens with zero attached hydrogens (tertiary/aromatic N) is 2. The second-order valence-electron chi connectivity index (χ2n) is 9.97. The Balaban J connectivity index is 1.76. The van der Waals surface area contributed by atoms with Gasteiger partial charge in [-0.15, -0.1) is 0 Å². The lowest BCUT2D eigenvalue weighted by Gasteiger charge is -2.22. The van der Waals surface area contributed by atoms with E-state index in [2.05, 4.69) is 20.9 Å². The molecule has 0 saturated carbocycles. The van der Waals surface area contributed by atoms with Crippen molar-refractivity contribution >= 4 is 33.9 Å². The molecule has 0 radical (unpaired) electrons. The van der Waals surface area contributed by atoms with Gasteiger partial charge in [-0.3, -0.25) is 14.1 Å². The molecule has 0 aliphatic rings. The summed E-state index contributed by atoms with van der Waals surface area (Å²) < 4.78 is 41.3. The fraction of sp³-hybridized carbons (Fsp3) is 0.407. The Morgan fingerprint density at radius 2 is 1.10 bits per heavy atom. The number of hydrogen-bond acceptors (Lipinski definition) is 10. The molecule has 0 atom stereocenters. The van der Waals surface area contributed by atoms with Crippen molar-refractivity contribution in [3.05, 3.63) is 65.2 Å². The summed E-state index contributed by atoms with van der Waals surface area (Å²) in [6.07, 6.45) is 0. The third kappa shape index (κ3) is 10.4. The molecule has 0 aliphatic heterocycles. The lowest BCUT2D eigenvalue weighted by molar-refractivity contribution is -0.127. The van der Waals surface area contributed by atoms with Crippen molar-refractivity contribution in [3.8, 4) is 0 Å². The van der Waals surface area contributed by atoms with Gasteiger partial charge in [0.25, 0.3) is 10.1 Å². The molecule has 2 rings (SSSR count). The van der Waals surface area contributed by atoms with Gasteiger partial charge in [-0.1, -0.05) is 17.7 Å². The van der Waals surface area contributed by atoms with Crippen molar-refractivity contribution in [2.24, 2.45) is 10.2 Å². The summed E-state index contributed by atoms with van der Waals surface area (Å²) in [7, 11) is -4.38. The molecule has 14 heteroatoms. The highest BCUT2D eigenvalue weighted by Gasteiger charge is 2.32. The second kappa shape index (κ2) is 13.9. The SMILES string of the molecule is Cc1ccc(C(=O)OCCNC(=O)C(C)(C)N=NC(C)(C)C(=O)NCCOC(=O)c2ccc(S(=O)(=O)O)cc2)cc1. The van der Waals surface area contributed by atoms with Crippen LogP contribution >= 0.6 is 0 Å². The normalized spacial score (nSPS) is 12.0. The van der Waals surface area contributed by atoms with Crippen LogP contribution in [0.1, 0.15) is 54.0 Å². The molecular formula is C27H34N4O9S. The molecule has 0 aliphatic carbocycles. The Morgan fingerprint density at radius 1 is 0.732 bits per heavy atom. The van der Waals surface area contributed by atoms with Gasteiger partial charge in [0.1, 0.15) is 13.2 Å². The summed E-state index contributed by atoms with van der Waals surface area (Å²) in [5.41, 5.74) is -1.20. The maximum atomic E-state index is 12.6. The molecule has 13 nitrogen and oxygen atoms in total. The van der Waals surface area contributed by atoms with E-state index in [4.69, 9.17) is 14.0 Å². The number of aryl methyl sites for hydroxylation is 1. The van der Waals surface area contributed by atoms with Crippen molar-refractivity contribution in [3.63, 3.8) is 0 Å². The highest BCUT2D eigenvalue weighted by molar-refractivity contribution is 7.85. The van der Waals surface area contributed by atoms with Crippen LogP contribution in [0.25, 0.3) is 0 Å². The van der Waals surface area contributed by atoms with Crippen molar-refractivity contribution in [1.82, 2.24) is 10.6 Å². The predicted molar refractivity (Wildman–Crippen MR) is 147 cm³/mol. The van der Waals surface area contributed by atoms with E-state index >= 15 is 0 Å². The summed E-state index contributed by atoms with van der Waals surface area (Å²) in [5, 5.41) is 13.2. The van der Waals surface area contributed by atoms with E-state index in [9.17, 15) is 27.6 Å². The van der Waals surface area contributed by atoms with Gasteiger partial charge >= 0.3 is 11.9 Å². The minimum absolute atomic E-state index is 0.0416. The minimum Gasteiger partial charge on any atom is -0.460 e. The Labute approximate surface area is 238 Å². The van der Waals surface area contributed by atoms with Gasteiger partial charge in [0, 0.05) is 0 Å². The number of benzene rings is 2. The third-order valence-corrected chi connectivity index (χ3v) is 6.45. The van der Waals surface area contributed by atoms with Crippen molar-refractivity contribution in [1.29, 1.82) is 0 Å². The van der Waals surface area contributed by atoms with Gasteiger partial charge in [0.15, 0.2) is 11.1 Å². The third-order valence-electron chi connectivity index (χ3n) is 5.58. The van der Waals surface area contributed by atoms with Crippen LogP contribution in [-0.2, 0) is 29.2 Å². The van der Waals surface area contributed by atoms with Crippen LogP contribution in [-0.4, -0.2) is 74.1 Å². The van der Waals surface area contributed by atoms with E-state index in [-0.39, 0.29) is 36.8 Å². The maximum Gasteiger partial charge on any atom is 0.338 e. The molecule has 0 bridgehead atoms. The first-order valence-electron chi connectivity index (χ1n) is 12.5. The second-order valence-corrected chi connectivity index (χ2v) is 11.4. The molecule has 0 fully saturated rings. The quantitative estimate of drug-likeness (QED) is 0.136. The van der Waals surface area contributed by atoms with Crippen molar-refractivity contribution in [2.45, 2.75) is 50.6 Å². The molecule has 41 heavy (non-hydrogen) atoms. The number of ether oxygens (including phenoxy) is 2. The fourth-order valence-electron chi connectivity index (χ4n) is 3.01. The molecule has 2 aromatic rings. The topological polar surface area (TPSA) is 190 Å². The first kappa shape index (κ1) is 33.0. The number of amides is 2. The van der Waals surface area contributed by atoms with Crippen LogP contribution < -0.4 is 10.6 Å². The fourth-order valence-corrected chi connectivity index (χ4v) is 3.49. The summed E-state index contributed by atoms with van der Waals surface area (Å²) in [6, 6.07) is 11.4. The Kier molecular flexibility index (Phi) is 11.2. The first-order chi connectivity index (χ1) is 19.0. The average molecular weight is 591 g/mol. The minimum atomic E-state index is -4.38. The predicted octanol–water partition coefficient (Wildman–Crippen LogP) is 2.50. The first-order valence-corrected chi connectivity index (χ1v) is 14.0. The zero-order valence-electron chi connectivity index (χ0n) is 23.5. The van der Waals surface area contributed by atoms with Gasteiger partial charge in [-0.2, -0.15) is 18.6 Å². The number of rotatable bonds is 13. The Hall–Kier alpha value is -4.17. The zero-order valence-corrected chi connectivity index (χ0v) is 24.3. The van der Waals surface area contributed by atoms with Gasteiger partial charge < -0.3 is 20.1 Å². The van der Waals surface area contributed by atoms with Gasteiger partial charge in [0.05, 0.1) is 29.1 Å². The van der Waals surface area contributed by atoms with Crippen LogP contribution in [0.4, 0.5) is 0 Å². The van der Waals surface area contributed by atoms with Crippen LogP contribution in [0.15, 0.2) is 63.7 Å². The molecule has 222 valence electrons. The van der Waals surface area contributed by atoms with Gasteiger partial charge in [-0.25, -0.2) is 9.59 Å². The molecule has 2 aromatic carbocycles. The summed E-state index contributed by atoms with van der Waals surface area (Å²) in [4.78, 5) is 48.9. The number of hydrogen-bond donors (Lipinski definition) is 3. The monoisotopic (exact) mass is 590 g/mol. The summed E-state index contributed by atoms with van der Waals surface area (Å²) >= 11 is 0. The van der Waals surface area contributed by atoms with Crippen LogP contribution in [0.5, 0.6) is 0 Å². The summed E-state index contributed by atoms with van der Waals surface area (Å²) in [5.74, 6) is -2.28. The van der Waals surface area contributed by atoms with Crippen molar-refractivity contribution < 1.29 is 41.6 Å². The van der Waals surface area contributed by atoms with E-state index in [0.29, 0.717) is 5.56 Å². The maximum absolute atomic E-state index is 12.6. The molecular weight excluding hydrogens is 556 g/mol. The zero-order chi connectivity index (χ0) is 30.8. The van der Waals surface area contributed by atoms with E-state index < -0.39 is 44.9 Å². The molecule has 0 aromatic heterocycles. The standard InChI is InChI=1S/C27H34N4O9S/c1-18-6-8-19(9-7-18)22(32)39-16-14-28-24(34)26(2,3)30-31-27(4,5)25(35)29-15-17-40-23(33)20-10-12-21(13-11-20)41(36,37)38/h6-13H,14-17H2,1-5H3,(H,28,34)(H,29,35)(H,36,37,38). The van der Waals surface area contributed by atoms with E-state index in [1.807, 2.05) is 6.92 Å². The van der Waals surface area contributed by atoms with Gasteiger partial charge in [0.2, 0.25) is 11.8 Å². The number of esters is 2.